The van der Waals surface area contributed by atoms with Crippen molar-refractivity contribution in [3.8, 4) is 0 Å². The largest absolute Gasteiger partial charge is 0.461 e. The standard InChI is InChI=1S/C17H21NO3/c1-3-15(12-8-14(19)9-12)18-17(20)11-4-5-16-13(7-11)6-10(2)21-16/h4-7,12,14-15,19H,3,8-9H2,1-2H3,(H,18,20)/t12?,14?,15-/m0/s1. The van der Waals surface area contributed by atoms with E-state index in [0.29, 0.717) is 11.5 Å². The van der Waals surface area contributed by atoms with Crippen LogP contribution in [0.5, 0.6) is 0 Å². The van der Waals surface area contributed by atoms with E-state index in [1.165, 1.54) is 0 Å². The van der Waals surface area contributed by atoms with Crippen molar-refractivity contribution in [2.24, 2.45) is 5.92 Å². The molecule has 1 fully saturated rings. The highest BCUT2D eigenvalue weighted by atomic mass is 16.3. The third kappa shape index (κ3) is 2.81. The minimum atomic E-state index is -0.189. The molecule has 0 spiro atoms. The van der Waals surface area contributed by atoms with Gasteiger partial charge in [-0.25, -0.2) is 0 Å². The third-order valence-electron chi connectivity index (χ3n) is 4.38. The van der Waals surface area contributed by atoms with E-state index in [4.69, 9.17) is 4.42 Å². The Morgan fingerprint density at radius 3 is 2.86 bits per heavy atom. The molecule has 1 heterocycles. The van der Waals surface area contributed by atoms with Gasteiger partial charge in [0, 0.05) is 17.0 Å². The Labute approximate surface area is 124 Å². The molecule has 1 saturated carbocycles. The van der Waals surface area contributed by atoms with Gasteiger partial charge in [0.2, 0.25) is 0 Å². The average Bonchev–Trinajstić information content (AvgIpc) is 2.80. The highest BCUT2D eigenvalue weighted by Gasteiger charge is 2.33. The lowest BCUT2D eigenvalue weighted by molar-refractivity contribution is 0.0232. The second-order valence-electron chi connectivity index (χ2n) is 5.98. The monoisotopic (exact) mass is 287 g/mol. The number of aliphatic hydroxyl groups is 1. The second-order valence-corrected chi connectivity index (χ2v) is 5.98. The highest BCUT2D eigenvalue weighted by Crippen LogP contribution is 2.31. The smallest absolute Gasteiger partial charge is 0.251 e. The van der Waals surface area contributed by atoms with Crippen molar-refractivity contribution in [3.05, 3.63) is 35.6 Å². The van der Waals surface area contributed by atoms with Crippen LogP contribution in [0.4, 0.5) is 0 Å². The quantitative estimate of drug-likeness (QED) is 0.908. The molecular formula is C17H21NO3. The van der Waals surface area contributed by atoms with Crippen LogP contribution in [0.15, 0.2) is 28.7 Å². The lowest BCUT2D eigenvalue weighted by Gasteiger charge is -2.37. The lowest BCUT2D eigenvalue weighted by atomic mass is 9.76. The number of aliphatic hydroxyl groups excluding tert-OH is 1. The van der Waals surface area contributed by atoms with Gasteiger partial charge < -0.3 is 14.8 Å². The molecule has 0 saturated heterocycles. The van der Waals surface area contributed by atoms with Crippen LogP contribution in [0.25, 0.3) is 11.0 Å². The number of carbonyl (C=O) groups is 1. The van der Waals surface area contributed by atoms with Crippen molar-refractivity contribution in [2.45, 2.75) is 45.3 Å². The van der Waals surface area contributed by atoms with E-state index in [2.05, 4.69) is 12.2 Å². The fraction of sp³-hybridized carbons (Fsp3) is 0.471. The molecular weight excluding hydrogens is 266 g/mol. The average molecular weight is 287 g/mol. The number of furan rings is 1. The van der Waals surface area contributed by atoms with Crippen LogP contribution in [0, 0.1) is 12.8 Å². The molecule has 1 aromatic carbocycles. The zero-order valence-electron chi connectivity index (χ0n) is 12.4. The summed E-state index contributed by atoms with van der Waals surface area (Å²) < 4.78 is 5.52. The first-order chi connectivity index (χ1) is 10.1. The van der Waals surface area contributed by atoms with Crippen LogP contribution in [0.1, 0.15) is 42.3 Å². The fourth-order valence-corrected chi connectivity index (χ4v) is 3.08. The van der Waals surface area contributed by atoms with Crippen molar-refractivity contribution < 1.29 is 14.3 Å². The topological polar surface area (TPSA) is 62.5 Å². The first-order valence-electron chi connectivity index (χ1n) is 7.56. The number of hydrogen-bond donors (Lipinski definition) is 2. The van der Waals surface area contributed by atoms with E-state index in [0.717, 1.165) is 36.0 Å². The van der Waals surface area contributed by atoms with Gasteiger partial charge in [-0.2, -0.15) is 0 Å². The molecule has 1 aliphatic rings. The zero-order chi connectivity index (χ0) is 15.0. The number of nitrogens with one attached hydrogen (secondary N) is 1. The first kappa shape index (κ1) is 14.1. The molecule has 3 rings (SSSR count). The fourth-order valence-electron chi connectivity index (χ4n) is 3.08. The maximum Gasteiger partial charge on any atom is 0.251 e. The zero-order valence-corrected chi connectivity index (χ0v) is 12.4. The molecule has 0 aliphatic heterocycles. The van der Waals surface area contributed by atoms with Crippen LogP contribution in [-0.4, -0.2) is 23.2 Å². The van der Waals surface area contributed by atoms with Crippen molar-refractivity contribution in [1.82, 2.24) is 5.32 Å². The third-order valence-corrected chi connectivity index (χ3v) is 4.38. The van der Waals surface area contributed by atoms with E-state index in [9.17, 15) is 9.90 Å². The van der Waals surface area contributed by atoms with Gasteiger partial charge >= 0.3 is 0 Å². The summed E-state index contributed by atoms with van der Waals surface area (Å²) in [6.07, 6.45) is 2.28. The molecule has 1 amide bonds. The summed E-state index contributed by atoms with van der Waals surface area (Å²) in [7, 11) is 0. The van der Waals surface area contributed by atoms with Crippen LogP contribution in [0.2, 0.25) is 0 Å². The number of fused-ring (bicyclic) bond motifs is 1. The number of carbonyl (C=O) groups excluding carboxylic acids is 1. The van der Waals surface area contributed by atoms with Crippen LogP contribution in [0.3, 0.4) is 0 Å². The van der Waals surface area contributed by atoms with E-state index in [1.54, 1.807) is 6.07 Å². The normalized spacial score (nSPS) is 22.8. The number of aryl methyl sites for hydroxylation is 1. The number of benzene rings is 1. The molecule has 1 atom stereocenters. The summed E-state index contributed by atoms with van der Waals surface area (Å²) in [5.74, 6) is 1.19. The molecule has 4 heteroatoms. The molecule has 2 aromatic rings. The van der Waals surface area contributed by atoms with Gasteiger partial charge in [-0.1, -0.05) is 6.92 Å². The Balaban J connectivity index is 1.73. The molecule has 112 valence electrons. The summed E-state index contributed by atoms with van der Waals surface area (Å²) in [6.45, 7) is 3.97. The number of rotatable bonds is 4. The maximum atomic E-state index is 12.4. The van der Waals surface area contributed by atoms with Crippen molar-refractivity contribution >= 4 is 16.9 Å². The second kappa shape index (κ2) is 5.53. The Bertz CT molecular complexity index is 655. The molecule has 4 nitrogen and oxygen atoms in total. The number of amides is 1. The van der Waals surface area contributed by atoms with Crippen molar-refractivity contribution in [1.29, 1.82) is 0 Å². The minimum absolute atomic E-state index is 0.0519. The first-order valence-corrected chi connectivity index (χ1v) is 7.56. The van der Waals surface area contributed by atoms with Gasteiger partial charge in [-0.3, -0.25) is 4.79 Å². The Hall–Kier alpha value is -1.81. The van der Waals surface area contributed by atoms with Crippen molar-refractivity contribution in [2.75, 3.05) is 0 Å². The van der Waals surface area contributed by atoms with Gasteiger partial charge in [0.25, 0.3) is 5.91 Å². The molecule has 0 radical (unpaired) electrons. The predicted octanol–water partition coefficient (Wildman–Crippen LogP) is 3.02. The van der Waals surface area contributed by atoms with Gasteiger partial charge in [-0.15, -0.1) is 0 Å². The molecule has 1 aliphatic carbocycles. The summed E-state index contributed by atoms with van der Waals surface area (Å²) in [4.78, 5) is 12.4. The summed E-state index contributed by atoms with van der Waals surface area (Å²) in [6, 6.07) is 7.58. The molecule has 21 heavy (non-hydrogen) atoms. The Morgan fingerprint density at radius 1 is 1.43 bits per heavy atom. The Kier molecular flexibility index (Phi) is 3.72. The maximum absolute atomic E-state index is 12.4. The molecule has 2 N–H and O–H groups in total. The molecule has 0 unspecified atom stereocenters. The van der Waals surface area contributed by atoms with Gasteiger partial charge in [0.15, 0.2) is 0 Å². The van der Waals surface area contributed by atoms with Gasteiger partial charge in [0.1, 0.15) is 11.3 Å². The highest BCUT2D eigenvalue weighted by molar-refractivity contribution is 5.98. The van der Waals surface area contributed by atoms with E-state index in [1.807, 2.05) is 25.1 Å². The van der Waals surface area contributed by atoms with Crippen molar-refractivity contribution in [3.63, 3.8) is 0 Å². The lowest BCUT2D eigenvalue weighted by Crippen LogP contribution is -2.46. The Morgan fingerprint density at radius 2 is 2.19 bits per heavy atom. The molecule has 1 aromatic heterocycles. The van der Waals surface area contributed by atoms with Crippen LogP contribution < -0.4 is 5.32 Å². The van der Waals surface area contributed by atoms with Crippen LogP contribution >= 0.6 is 0 Å². The number of hydrogen-bond acceptors (Lipinski definition) is 3. The summed E-state index contributed by atoms with van der Waals surface area (Å²) in [5, 5.41) is 13.5. The predicted molar refractivity (Wildman–Crippen MR) is 81.2 cm³/mol. The summed E-state index contributed by atoms with van der Waals surface area (Å²) in [5.41, 5.74) is 1.46. The SMILES string of the molecule is CC[C@H](NC(=O)c1ccc2oc(C)cc2c1)C1CC(O)C1. The minimum Gasteiger partial charge on any atom is -0.461 e. The molecule has 0 bridgehead atoms. The van der Waals surface area contributed by atoms with Gasteiger partial charge in [-0.05, 0) is 56.4 Å². The van der Waals surface area contributed by atoms with E-state index >= 15 is 0 Å². The van der Waals surface area contributed by atoms with E-state index in [-0.39, 0.29) is 18.1 Å². The van der Waals surface area contributed by atoms with Gasteiger partial charge in [0.05, 0.1) is 6.10 Å². The summed E-state index contributed by atoms with van der Waals surface area (Å²) >= 11 is 0. The van der Waals surface area contributed by atoms with Crippen LogP contribution in [-0.2, 0) is 0 Å². The van der Waals surface area contributed by atoms with E-state index < -0.39 is 0 Å².